The van der Waals surface area contributed by atoms with Crippen LogP contribution in [0.4, 0.5) is 0 Å². The summed E-state index contributed by atoms with van der Waals surface area (Å²) in [6.45, 7) is 6.30. The van der Waals surface area contributed by atoms with Gasteiger partial charge in [0.25, 0.3) is 0 Å². The lowest BCUT2D eigenvalue weighted by Gasteiger charge is -2.06. The van der Waals surface area contributed by atoms with Crippen LogP contribution in [0.5, 0.6) is 0 Å². The van der Waals surface area contributed by atoms with Gasteiger partial charge in [-0.2, -0.15) is 0 Å². The van der Waals surface area contributed by atoms with E-state index in [4.69, 9.17) is 21.1 Å². The Labute approximate surface area is 125 Å². The number of ether oxygens (including phenoxy) is 2. The number of hydrogen-bond acceptors (Lipinski definition) is 2. The topological polar surface area (TPSA) is 18.5 Å². The minimum Gasteiger partial charge on any atom is -0.355 e. The Balaban J connectivity index is 2.91. The maximum atomic E-state index is 5.84. The standard InChI is InChI=1S/C16H33ClO2/c1-3-4-5-6-7-8-9-10-13-18-15-19-14-11-12-16(2)17/h16H,3-15H2,1-2H3. The van der Waals surface area contributed by atoms with Gasteiger partial charge in [0.2, 0.25) is 0 Å². The summed E-state index contributed by atoms with van der Waals surface area (Å²) in [5.41, 5.74) is 0. The van der Waals surface area contributed by atoms with Crippen LogP contribution in [-0.4, -0.2) is 25.4 Å². The zero-order valence-corrected chi connectivity index (χ0v) is 13.7. The van der Waals surface area contributed by atoms with E-state index in [-0.39, 0.29) is 5.38 Å². The van der Waals surface area contributed by atoms with Crippen LogP contribution >= 0.6 is 11.6 Å². The van der Waals surface area contributed by atoms with E-state index in [2.05, 4.69) is 6.92 Å². The third-order valence-electron chi connectivity index (χ3n) is 3.20. The van der Waals surface area contributed by atoms with Gasteiger partial charge in [-0.05, 0) is 26.2 Å². The number of halogens is 1. The molecule has 2 nitrogen and oxygen atoms in total. The van der Waals surface area contributed by atoms with Crippen molar-refractivity contribution in [3.63, 3.8) is 0 Å². The van der Waals surface area contributed by atoms with E-state index in [1.54, 1.807) is 0 Å². The van der Waals surface area contributed by atoms with Crippen LogP contribution < -0.4 is 0 Å². The fourth-order valence-corrected chi connectivity index (χ4v) is 2.14. The van der Waals surface area contributed by atoms with E-state index in [0.29, 0.717) is 6.79 Å². The van der Waals surface area contributed by atoms with Crippen molar-refractivity contribution in [3.8, 4) is 0 Å². The monoisotopic (exact) mass is 292 g/mol. The molecule has 0 saturated carbocycles. The van der Waals surface area contributed by atoms with Gasteiger partial charge in [-0.15, -0.1) is 11.6 Å². The quantitative estimate of drug-likeness (QED) is 0.225. The predicted octanol–water partition coefficient (Wildman–Crippen LogP) is 5.53. The zero-order chi connectivity index (χ0) is 14.2. The summed E-state index contributed by atoms with van der Waals surface area (Å²) in [5.74, 6) is 0. The summed E-state index contributed by atoms with van der Waals surface area (Å²) in [5, 5.41) is 0.252. The molecule has 0 heterocycles. The molecule has 0 spiro atoms. The molecule has 0 amide bonds. The van der Waals surface area contributed by atoms with Crippen molar-refractivity contribution >= 4 is 11.6 Å². The van der Waals surface area contributed by atoms with E-state index in [0.717, 1.165) is 32.5 Å². The lowest BCUT2D eigenvalue weighted by Crippen LogP contribution is -2.04. The smallest absolute Gasteiger partial charge is 0.146 e. The van der Waals surface area contributed by atoms with Gasteiger partial charge in [0.1, 0.15) is 6.79 Å². The fraction of sp³-hybridized carbons (Fsp3) is 1.00. The van der Waals surface area contributed by atoms with Crippen molar-refractivity contribution in [1.82, 2.24) is 0 Å². The average molecular weight is 293 g/mol. The molecule has 0 aliphatic rings. The maximum absolute atomic E-state index is 5.84. The Morgan fingerprint density at radius 3 is 1.89 bits per heavy atom. The summed E-state index contributed by atoms with van der Waals surface area (Å²) in [6, 6.07) is 0. The molecule has 0 N–H and O–H groups in total. The van der Waals surface area contributed by atoms with Crippen molar-refractivity contribution in [2.45, 2.75) is 83.4 Å². The summed E-state index contributed by atoms with van der Waals surface area (Å²) < 4.78 is 10.8. The summed E-state index contributed by atoms with van der Waals surface area (Å²) >= 11 is 5.84. The average Bonchev–Trinajstić information content (AvgIpc) is 2.39. The van der Waals surface area contributed by atoms with Crippen molar-refractivity contribution in [1.29, 1.82) is 0 Å². The van der Waals surface area contributed by atoms with E-state index >= 15 is 0 Å². The first-order chi connectivity index (χ1) is 9.27. The Morgan fingerprint density at radius 1 is 0.789 bits per heavy atom. The molecule has 0 rings (SSSR count). The highest BCUT2D eigenvalue weighted by atomic mass is 35.5. The molecular weight excluding hydrogens is 260 g/mol. The van der Waals surface area contributed by atoms with Gasteiger partial charge in [-0.3, -0.25) is 0 Å². The minimum absolute atomic E-state index is 0.252. The lowest BCUT2D eigenvalue weighted by atomic mass is 10.1. The Bertz CT molecular complexity index is 163. The van der Waals surface area contributed by atoms with E-state index in [9.17, 15) is 0 Å². The number of rotatable bonds is 15. The number of hydrogen-bond donors (Lipinski definition) is 0. The van der Waals surface area contributed by atoms with Gasteiger partial charge in [0.15, 0.2) is 0 Å². The maximum Gasteiger partial charge on any atom is 0.146 e. The van der Waals surface area contributed by atoms with Crippen LogP contribution in [0.25, 0.3) is 0 Å². The third kappa shape index (κ3) is 18.2. The van der Waals surface area contributed by atoms with Gasteiger partial charge in [-0.1, -0.05) is 51.9 Å². The second-order valence-corrected chi connectivity index (χ2v) is 6.08. The highest BCUT2D eigenvalue weighted by molar-refractivity contribution is 6.20. The minimum atomic E-state index is 0.252. The van der Waals surface area contributed by atoms with Gasteiger partial charge >= 0.3 is 0 Å². The van der Waals surface area contributed by atoms with Crippen molar-refractivity contribution in [2.75, 3.05) is 20.0 Å². The molecule has 0 aromatic heterocycles. The first kappa shape index (κ1) is 19.2. The molecule has 0 aromatic carbocycles. The summed E-state index contributed by atoms with van der Waals surface area (Å²) in [6.07, 6.45) is 12.7. The third-order valence-corrected chi connectivity index (χ3v) is 3.42. The largest absolute Gasteiger partial charge is 0.355 e. The van der Waals surface area contributed by atoms with E-state index < -0.39 is 0 Å². The van der Waals surface area contributed by atoms with Gasteiger partial charge in [-0.25, -0.2) is 0 Å². The second kappa shape index (κ2) is 16.3. The SMILES string of the molecule is CCCCCCCCCCOCOCCCC(C)Cl. The number of alkyl halides is 1. The highest BCUT2D eigenvalue weighted by Gasteiger charge is 1.96. The van der Waals surface area contributed by atoms with Crippen LogP contribution in [0.15, 0.2) is 0 Å². The molecule has 0 bridgehead atoms. The van der Waals surface area contributed by atoms with Crippen LogP contribution in [-0.2, 0) is 9.47 Å². The van der Waals surface area contributed by atoms with E-state index in [1.165, 1.54) is 44.9 Å². The molecule has 0 fully saturated rings. The molecular formula is C16H33ClO2. The summed E-state index contributed by atoms with van der Waals surface area (Å²) in [7, 11) is 0. The van der Waals surface area contributed by atoms with Gasteiger partial charge < -0.3 is 9.47 Å². The Hall–Kier alpha value is 0.210. The zero-order valence-electron chi connectivity index (χ0n) is 13.0. The molecule has 0 aliphatic heterocycles. The molecule has 0 aromatic rings. The van der Waals surface area contributed by atoms with Crippen LogP contribution in [0.1, 0.15) is 78.1 Å². The first-order valence-electron chi connectivity index (χ1n) is 8.07. The van der Waals surface area contributed by atoms with Crippen LogP contribution in [0.3, 0.4) is 0 Å². The van der Waals surface area contributed by atoms with E-state index in [1.807, 2.05) is 6.92 Å². The molecule has 19 heavy (non-hydrogen) atoms. The molecule has 0 aliphatic carbocycles. The fourth-order valence-electron chi connectivity index (χ4n) is 1.98. The molecule has 3 heteroatoms. The first-order valence-corrected chi connectivity index (χ1v) is 8.50. The molecule has 0 saturated heterocycles. The van der Waals surface area contributed by atoms with Gasteiger partial charge in [0, 0.05) is 18.6 Å². The Kier molecular flexibility index (Phi) is 16.4. The second-order valence-electron chi connectivity index (χ2n) is 5.33. The Morgan fingerprint density at radius 2 is 1.32 bits per heavy atom. The van der Waals surface area contributed by atoms with Crippen molar-refractivity contribution in [3.05, 3.63) is 0 Å². The molecule has 0 radical (unpaired) electrons. The molecule has 116 valence electrons. The van der Waals surface area contributed by atoms with Gasteiger partial charge in [0.05, 0.1) is 0 Å². The highest BCUT2D eigenvalue weighted by Crippen LogP contribution is 2.08. The van der Waals surface area contributed by atoms with Crippen LogP contribution in [0, 0.1) is 0 Å². The van der Waals surface area contributed by atoms with Crippen LogP contribution in [0.2, 0.25) is 0 Å². The van der Waals surface area contributed by atoms with Crippen molar-refractivity contribution < 1.29 is 9.47 Å². The summed E-state index contributed by atoms with van der Waals surface area (Å²) in [4.78, 5) is 0. The lowest BCUT2D eigenvalue weighted by molar-refractivity contribution is -0.0555. The predicted molar refractivity (Wildman–Crippen MR) is 83.9 cm³/mol. The normalized spacial score (nSPS) is 12.8. The van der Waals surface area contributed by atoms with Crippen molar-refractivity contribution in [2.24, 2.45) is 0 Å². The molecule has 1 unspecified atom stereocenters. The number of unbranched alkanes of at least 4 members (excludes halogenated alkanes) is 7. The molecule has 1 atom stereocenters.